The third-order valence-electron chi connectivity index (χ3n) is 5.35. The Kier molecular flexibility index (Phi) is 11.8. The summed E-state index contributed by atoms with van der Waals surface area (Å²) in [5, 5.41) is 0. The Balaban J connectivity index is 3.56. The molecule has 0 aromatic carbocycles. The molecule has 1 aromatic heterocycles. The van der Waals surface area contributed by atoms with Crippen molar-refractivity contribution in [2.75, 3.05) is 38.8 Å². The quantitative estimate of drug-likeness (QED) is 0.166. The van der Waals surface area contributed by atoms with E-state index in [2.05, 4.69) is 43.1 Å². The number of hydrogen-bond donors (Lipinski definition) is 0. The molecule has 0 aliphatic rings. The highest BCUT2D eigenvalue weighted by atomic mass is 16.5. The number of methoxy groups -OCH3 is 1. The molecule has 6 heteroatoms. The van der Waals surface area contributed by atoms with E-state index in [0.29, 0.717) is 36.8 Å². The molecule has 0 N–H and O–H groups in total. The molecule has 33 heavy (non-hydrogen) atoms. The van der Waals surface area contributed by atoms with E-state index >= 15 is 0 Å². The average molecular weight is 456 g/mol. The number of anilines is 1. The molecule has 0 saturated heterocycles. The highest BCUT2D eigenvalue weighted by Gasteiger charge is 2.21. The third kappa shape index (κ3) is 7.67. The van der Waals surface area contributed by atoms with Crippen LogP contribution in [0, 0.1) is 6.92 Å². The zero-order valence-corrected chi connectivity index (χ0v) is 21.7. The molecule has 0 aliphatic heterocycles. The van der Waals surface area contributed by atoms with Gasteiger partial charge >= 0.3 is 0 Å². The van der Waals surface area contributed by atoms with E-state index in [0.717, 1.165) is 41.1 Å². The lowest BCUT2D eigenvalue weighted by Gasteiger charge is -2.31. The standard InChI is InChI=1S/C27H41N3O3/c1-11-14-28-27(33-13-3)23(21(8)31)15-19(6)26-20(7)16-24(25(29-26)18(4)5)30(9)22(12-2)17-32-10/h15-16,22H,4,6,11-14,17H2,1-3,5,7-10H3/b23-15-,28-27?. The van der Waals surface area contributed by atoms with E-state index in [1.54, 1.807) is 13.2 Å². The number of hydrogen-bond acceptors (Lipinski definition) is 6. The van der Waals surface area contributed by atoms with Gasteiger partial charge in [-0.2, -0.15) is 0 Å². The molecule has 0 radical (unpaired) electrons. The molecule has 0 spiro atoms. The lowest BCUT2D eigenvalue weighted by Crippen LogP contribution is -2.35. The van der Waals surface area contributed by atoms with Crippen molar-refractivity contribution in [3.8, 4) is 0 Å². The first-order chi connectivity index (χ1) is 15.6. The van der Waals surface area contributed by atoms with Gasteiger partial charge in [-0.1, -0.05) is 27.0 Å². The Labute approximate surface area is 200 Å². The monoisotopic (exact) mass is 455 g/mol. The SMILES string of the molecule is C=C(/C=C(/C(C)=O)C(=NCCC)OCC)c1nc(C(=C)C)c(N(C)C(CC)COC)cc1C. The first-order valence-electron chi connectivity index (χ1n) is 11.6. The molecule has 0 aliphatic carbocycles. The summed E-state index contributed by atoms with van der Waals surface area (Å²) in [5.74, 6) is 0.228. The molecule has 6 nitrogen and oxygen atoms in total. The Morgan fingerprint density at radius 3 is 2.39 bits per heavy atom. The van der Waals surface area contributed by atoms with Crippen molar-refractivity contribution in [1.29, 1.82) is 0 Å². The third-order valence-corrected chi connectivity index (χ3v) is 5.35. The van der Waals surface area contributed by atoms with E-state index in [1.165, 1.54) is 6.92 Å². The molecule has 1 aromatic rings. The van der Waals surface area contributed by atoms with E-state index in [4.69, 9.17) is 14.5 Å². The van der Waals surface area contributed by atoms with E-state index in [1.807, 2.05) is 27.7 Å². The molecule has 0 fully saturated rings. The van der Waals surface area contributed by atoms with Crippen LogP contribution in [0.15, 0.2) is 35.9 Å². The molecular weight excluding hydrogens is 414 g/mol. The normalized spacial score (nSPS) is 13.0. The van der Waals surface area contributed by atoms with E-state index in [9.17, 15) is 4.79 Å². The van der Waals surface area contributed by atoms with Gasteiger partial charge in [-0.05, 0) is 69.4 Å². The fourth-order valence-corrected chi connectivity index (χ4v) is 3.51. The van der Waals surface area contributed by atoms with Gasteiger partial charge in [0.2, 0.25) is 5.90 Å². The van der Waals surface area contributed by atoms with Crippen LogP contribution in [-0.4, -0.2) is 56.6 Å². The van der Waals surface area contributed by atoms with Gasteiger partial charge in [-0.25, -0.2) is 4.98 Å². The summed E-state index contributed by atoms with van der Waals surface area (Å²) in [6.45, 7) is 21.5. The fourth-order valence-electron chi connectivity index (χ4n) is 3.51. The van der Waals surface area contributed by atoms with Crippen molar-refractivity contribution >= 4 is 28.5 Å². The number of rotatable bonds is 13. The molecule has 0 saturated carbocycles. The van der Waals surface area contributed by atoms with Crippen molar-refractivity contribution < 1.29 is 14.3 Å². The van der Waals surface area contributed by atoms with Gasteiger partial charge in [0, 0.05) is 20.7 Å². The lowest BCUT2D eigenvalue weighted by molar-refractivity contribution is -0.113. The lowest BCUT2D eigenvalue weighted by atomic mass is 10.0. The number of carbonyl (C=O) groups excluding carboxylic acids is 1. The largest absolute Gasteiger partial charge is 0.478 e. The van der Waals surface area contributed by atoms with Crippen molar-refractivity contribution in [2.45, 2.75) is 60.4 Å². The van der Waals surface area contributed by atoms with Crippen LogP contribution in [0.25, 0.3) is 11.1 Å². The number of ketones is 1. The van der Waals surface area contributed by atoms with Crippen LogP contribution < -0.4 is 4.90 Å². The first kappa shape index (κ1) is 28.3. The zero-order valence-electron chi connectivity index (χ0n) is 21.7. The highest BCUT2D eigenvalue weighted by molar-refractivity contribution is 6.19. The van der Waals surface area contributed by atoms with Gasteiger partial charge in [0.25, 0.3) is 0 Å². The fraction of sp³-hybridized carbons (Fsp3) is 0.519. The molecule has 182 valence electrons. The number of carbonyl (C=O) groups is 1. The highest BCUT2D eigenvalue weighted by Crippen LogP contribution is 2.31. The number of nitrogens with zero attached hydrogens (tertiary/aromatic N) is 3. The summed E-state index contributed by atoms with van der Waals surface area (Å²) in [5.41, 5.74) is 5.36. The second-order valence-corrected chi connectivity index (χ2v) is 8.19. The van der Waals surface area contributed by atoms with Crippen molar-refractivity contribution in [3.63, 3.8) is 0 Å². The van der Waals surface area contributed by atoms with Gasteiger partial charge in [0.1, 0.15) is 0 Å². The van der Waals surface area contributed by atoms with E-state index < -0.39 is 0 Å². The predicted octanol–water partition coefficient (Wildman–Crippen LogP) is 5.66. The molecule has 0 amide bonds. The van der Waals surface area contributed by atoms with Crippen LogP contribution in [0.1, 0.15) is 64.4 Å². The Morgan fingerprint density at radius 2 is 1.91 bits per heavy atom. The number of aryl methyl sites for hydroxylation is 1. The van der Waals surface area contributed by atoms with Gasteiger partial charge in [0.05, 0.1) is 41.9 Å². The van der Waals surface area contributed by atoms with Gasteiger partial charge in [0.15, 0.2) is 5.78 Å². The number of allylic oxidation sites excluding steroid dienone is 3. The number of ether oxygens (including phenoxy) is 2. The van der Waals surface area contributed by atoms with Crippen LogP contribution in [-0.2, 0) is 14.3 Å². The zero-order chi connectivity index (χ0) is 25.1. The molecule has 1 rings (SSSR count). The maximum atomic E-state index is 12.4. The summed E-state index contributed by atoms with van der Waals surface area (Å²) in [4.78, 5) is 24.0. The minimum absolute atomic E-state index is 0.126. The van der Waals surface area contributed by atoms with Crippen LogP contribution >= 0.6 is 0 Å². The smallest absolute Gasteiger partial charge is 0.219 e. The van der Waals surface area contributed by atoms with Gasteiger partial charge in [-0.15, -0.1) is 0 Å². The van der Waals surface area contributed by atoms with Crippen molar-refractivity contribution in [3.05, 3.63) is 47.8 Å². The second kappa shape index (κ2) is 13.7. The van der Waals surface area contributed by atoms with Gasteiger partial charge < -0.3 is 14.4 Å². The molecule has 0 bridgehead atoms. The Morgan fingerprint density at radius 1 is 1.24 bits per heavy atom. The summed E-state index contributed by atoms with van der Waals surface area (Å²) in [7, 11) is 3.77. The van der Waals surface area contributed by atoms with Crippen LogP contribution in [0.5, 0.6) is 0 Å². The summed E-state index contributed by atoms with van der Waals surface area (Å²) in [6, 6.07) is 2.32. The summed E-state index contributed by atoms with van der Waals surface area (Å²) < 4.78 is 11.1. The molecular formula is C27H41N3O3. The Bertz CT molecular complexity index is 915. The summed E-state index contributed by atoms with van der Waals surface area (Å²) in [6.07, 6.45) is 3.53. The minimum atomic E-state index is -0.126. The maximum absolute atomic E-state index is 12.4. The average Bonchev–Trinajstić information content (AvgIpc) is 2.77. The van der Waals surface area contributed by atoms with E-state index in [-0.39, 0.29) is 11.8 Å². The minimum Gasteiger partial charge on any atom is -0.478 e. The van der Waals surface area contributed by atoms with Crippen LogP contribution in [0.2, 0.25) is 0 Å². The van der Waals surface area contributed by atoms with Gasteiger partial charge in [-0.3, -0.25) is 9.79 Å². The van der Waals surface area contributed by atoms with Crippen LogP contribution in [0.3, 0.4) is 0 Å². The predicted molar refractivity (Wildman–Crippen MR) is 140 cm³/mol. The maximum Gasteiger partial charge on any atom is 0.219 e. The Hall–Kier alpha value is -2.73. The topological polar surface area (TPSA) is 64.0 Å². The molecule has 1 heterocycles. The number of pyridine rings is 1. The number of Topliss-reactive ketones (excluding diaryl/α,β-unsaturated/α-hetero) is 1. The summed E-state index contributed by atoms with van der Waals surface area (Å²) >= 11 is 0. The molecule has 1 atom stereocenters. The molecule has 1 unspecified atom stereocenters. The number of aromatic nitrogens is 1. The second-order valence-electron chi connectivity index (χ2n) is 8.19. The number of likely N-dealkylation sites (N-methyl/N-ethyl adjacent to an activating group) is 1. The van der Waals surface area contributed by atoms with Crippen molar-refractivity contribution in [2.24, 2.45) is 4.99 Å². The van der Waals surface area contributed by atoms with Crippen LogP contribution in [0.4, 0.5) is 5.69 Å². The number of aliphatic imine (C=N–C) groups is 1. The first-order valence-corrected chi connectivity index (χ1v) is 11.6. The van der Waals surface area contributed by atoms with Crippen molar-refractivity contribution in [1.82, 2.24) is 4.98 Å².